The highest BCUT2D eigenvalue weighted by Gasteiger charge is 2.30. The minimum atomic E-state index is -3.27. The van der Waals surface area contributed by atoms with E-state index >= 15 is 0 Å². The number of aromatic nitrogens is 1. The third-order valence-corrected chi connectivity index (χ3v) is 6.64. The van der Waals surface area contributed by atoms with Crippen LogP contribution in [0.1, 0.15) is 31.2 Å². The Labute approximate surface area is 147 Å². The van der Waals surface area contributed by atoms with Crippen LogP contribution in [-0.4, -0.2) is 24.7 Å². The summed E-state index contributed by atoms with van der Waals surface area (Å²) in [5.74, 6) is 0. The molecule has 0 spiro atoms. The van der Waals surface area contributed by atoms with Crippen LogP contribution in [0.4, 0.5) is 10.5 Å². The molecule has 2 aromatic rings. The molecule has 0 bridgehead atoms. The zero-order chi connectivity index (χ0) is 17.7. The molecule has 1 aromatic carbocycles. The molecule has 0 radical (unpaired) electrons. The third kappa shape index (κ3) is 4.36. The van der Waals surface area contributed by atoms with Gasteiger partial charge in [-0.1, -0.05) is 18.9 Å². The summed E-state index contributed by atoms with van der Waals surface area (Å²) in [5, 5.41) is 5.15. The van der Waals surface area contributed by atoms with Gasteiger partial charge in [0.25, 0.3) is 0 Å². The fourth-order valence-corrected chi connectivity index (χ4v) is 4.83. The summed E-state index contributed by atoms with van der Waals surface area (Å²) in [5.41, 5.74) is 1.45. The molecule has 6 nitrogen and oxygen atoms in total. The molecule has 1 heterocycles. The lowest BCUT2D eigenvalue weighted by Gasteiger charge is -2.12. The van der Waals surface area contributed by atoms with Gasteiger partial charge in [0.1, 0.15) is 0 Å². The van der Waals surface area contributed by atoms with E-state index in [1.807, 2.05) is 6.07 Å². The minimum absolute atomic E-state index is 0.269. The van der Waals surface area contributed by atoms with E-state index in [4.69, 9.17) is 0 Å². The predicted octanol–water partition coefficient (Wildman–Crippen LogP) is 3.12. The van der Waals surface area contributed by atoms with E-state index < -0.39 is 9.84 Å². The molecule has 2 amide bonds. The van der Waals surface area contributed by atoms with Crippen molar-refractivity contribution >= 4 is 21.6 Å². The van der Waals surface area contributed by atoms with Crippen molar-refractivity contribution in [3.63, 3.8) is 0 Å². The number of urea groups is 1. The molecule has 2 N–H and O–H groups in total. The Balaban J connectivity index is 1.58. The second-order valence-electron chi connectivity index (χ2n) is 6.14. The maximum Gasteiger partial charge on any atom is 0.319 e. The number of hydrogen-bond acceptors (Lipinski definition) is 4. The first-order valence-corrected chi connectivity index (χ1v) is 9.88. The summed E-state index contributed by atoms with van der Waals surface area (Å²) >= 11 is 0. The lowest BCUT2D eigenvalue weighted by Crippen LogP contribution is -2.28. The highest BCUT2D eigenvalue weighted by molar-refractivity contribution is 7.92. The zero-order valence-corrected chi connectivity index (χ0v) is 14.6. The van der Waals surface area contributed by atoms with Crippen LogP contribution in [0.5, 0.6) is 0 Å². The van der Waals surface area contributed by atoms with Crippen molar-refractivity contribution in [1.82, 2.24) is 10.3 Å². The van der Waals surface area contributed by atoms with E-state index in [9.17, 15) is 13.2 Å². The average molecular weight is 359 g/mol. The summed E-state index contributed by atoms with van der Waals surface area (Å²) < 4.78 is 25.0. The van der Waals surface area contributed by atoms with Gasteiger partial charge < -0.3 is 10.6 Å². The van der Waals surface area contributed by atoms with Crippen LogP contribution in [-0.2, 0) is 16.4 Å². The summed E-state index contributed by atoms with van der Waals surface area (Å²) in [4.78, 5) is 16.2. The lowest BCUT2D eigenvalue weighted by molar-refractivity contribution is 0.251. The number of amides is 2. The molecule has 1 fully saturated rings. The Kier molecular flexibility index (Phi) is 5.33. The van der Waals surface area contributed by atoms with Gasteiger partial charge in [-0.05, 0) is 48.7 Å². The third-order valence-electron chi connectivity index (χ3n) is 4.36. The first kappa shape index (κ1) is 17.4. The van der Waals surface area contributed by atoms with Crippen LogP contribution in [0.15, 0.2) is 53.7 Å². The number of pyridine rings is 1. The monoisotopic (exact) mass is 359 g/mol. The van der Waals surface area contributed by atoms with Crippen molar-refractivity contribution in [2.45, 2.75) is 42.4 Å². The Morgan fingerprint density at radius 3 is 2.48 bits per heavy atom. The normalized spacial score (nSPS) is 15.0. The van der Waals surface area contributed by atoms with Crippen LogP contribution < -0.4 is 10.6 Å². The Morgan fingerprint density at radius 2 is 1.84 bits per heavy atom. The average Bonchev–Trinajstić information content (AvgIpc) is 3.17. The predicted molar refractivity (Wildman–Crippen MR) is 96.0 cm³/mol. The number of carbonyl (C=O) groups excluding carboxylic acids is 1. The smallest absolute Gasteiger partial charge is 0.319 e. The van der Waals surface area contributed by atoms with Crippen molar-refractivity contribution in [1.29, 1.82) is 0 Å². The van der Waals surface area contributed by atoms with Crippen molar-refractivity contribution in [2.24, 2.45) is 0 Å². The van der Waals surface area contributed by atoms with Crippen molar-refractivity contribution in [3.8, 4) is 0 Å². The summed E-state index contributed by atoms with van der Waals surface area (Å²) in [7, 11) is -3.27. The second-order valence-corrected chi connectivity index (χ2v) is 8.37. The molecular weight excluding hydrogens is 338 g/mol. The molecule has 132 valence electrons. The molecule has 1 saturated carbocycles. The van der Waals surface area contributed by atoms with Crippen molar-refractivity contribution < 1.29 is 13.2 Å². The number of sulfone groups is 1. The van der Waals surface area contributed by atoms with E-state index in [-0.39, 0.29) is 11.3 Å². The quantitative estimate of drug-likeness (QED) is 0.858. The lowest BCUT2D eigenvalue weighted by atomic mass is 10.3. The molecular formula is C18H21N3O3S. The van der Waals surface area contributed by atoms with E-state index in [0.717, 1.165) is 31.2 Å². The minimum Gasteiger partial charge on any atom is -0.334 e. The van der Waals surface area contributed by atoms with Gasteiger partial charge in [0.15, 0.2) is 9.84 Å². The molecule has 0 aliphatic heterocycles. The Bertz CT molecular complexity index is 814. The molecule has 7 heteroatoms. The first-order valence-electron chi connectivity index (χ1n) is 8.33. The largest absolute Gasteiger partial charge is 0.334 e. The topological polar surface area (TPSA) is 88.2 Å². The fraction of sp³-hybridized carbons (Fsp3) is 0.333. The SMILES string of the molecule is O=C(NCc1cccnc1)Nc1ccc(S(=O)(=O)C2CCCC2)cc1. The number of nitrogens with zero attached hydrogens (tertiary/aromatic N) is 1. The van der Waals surface area contributed by atoms with Crippen LogP contribution in [0.3, 0.4) is 0 Å². The molecule has 0 atom stereocenters. The number of carbonyl (C=O) groups is 1. The van der Waals surface area contributed by atoms with E-state index in [1.54, 1.807) is 42.7 Å². The van der Waals surface area contributed by atoms with Crippen LogP contribution in [0.25, 0.3) is 0 Å². The Morgan fingerprint density at radius 1 is 1.12 bits per heavy atom. The van der Waals surface area contributed by atoms with Gasteiger partial charge in [0.2, 0.25) is 0 Å². The summed E-state index contributed by atoms with van der Waals surface area (Å²) in [6.07, 6.45) is 6.77. The number of nitrogens with one attached hydrogen (secondary N) is 2. The number of benzene rings is 1. The van der Waals surface area contributed by atoms with Crippen LogP contribution in [0, 0.1) is 0 Å². The fourth-order valence-electron chi connectivity index (χ4n) is 2.98. The van der Waals surface area contributed by atoms with Gasteiger partial charge >= 0.3 is 6.03 Å². The van der Waals surface area contributed by atoms with Gasteiger partial charge in [-0.2, -0.15) is 0 Å². The van der Waals surface area contributed by atoms with Gasteiger partial charge in [-0.15, -0.1) is 0 Å². The summed E-state index contributed by atoms with van der Waals surface area (Å²) in [6, 6.07) is 9.68. The molecule has 0 unspecified atom stereocenters. The van der Waals surface area contributed by atoms with Crippen molar-refractivity contribution in [3.05, 3.63) is 54.4 Å². The first-order chi connectivity index (χ1) is 12.1. The van der Waals surface area contributed by atoms with E-state index in [1.165, 1.54) is 0 Å². The molecule has 3 rings (SSSR count). The molecule has 1 aromatic heterocycles. The molecule has 25 heavy (non-hydrogen) atoms. The maximum atomic E-state index is 12.5. The van der Waals surface area contributed by atoms with E-state index in [2.05, 4.69) is 15.6 Å². The highest BCUT2D eigenvalue weighted by atomic mass is 32.2. The molecule has 1 aliphatic carbocycles. The van der Waals surface area contributed by atoms with Crippen molar-refractivity contribution in [2.75, 3.05) is 5.32 Å². The second kappa shape index (κ2) is 7.65. The van der Waals surface area contributed by atoms with Gasteiger partial charge in [0, 0.05) is 24.6 Å². The number of hydrogen-bond donors (Lipinski definition) is 2. The molecule has 0 saturated heterocycles. The van der Waals surface area contributed by atoms with Crippen LogP contribution >= 0.6 is 0 Å². The zero-order valence-electron chi connectivity index (χ0n) is 13.8. The van der Waals surface area contributed by atoms with E-state index in [0.29, 0.717) is 17.1 Å². The molecule has 1 aliphatic rings. The van der Waals surface area contributed by atoms with Gasteiger partial charge in [-0.25, -0.2) is 13.2 Å². The van der Waals surface area contributed by atoms with Gasteiger partial charge in [-0.3, -0.25) is 4.98 Å². The standard InChI is InChI=1S/C18H21N3O3S/c22-18(20-13-14-4-3-11-19-12-14)21-15-7-9-17(10-8-15)25(23,24)16-5-1-2-6-16/h3-4,7-12,16H,1-2,5-6,13H2,(H2,20,21,22). The highest BCUT2D eigenvalue weighted by Crippen LogP contribution is 2.29. The number of anilines is 1. The number of rotatable bonds is 5. The Hall–Kier alpha value is -2.41. The summed E-state index contributed by atoms with van der Waals surface area (Å²) in [6.45, 7) is 0.369. The van der Waals surface area contributed by atoms with Crippen LogP contribution in [0.2, 0.25) is 0 Å². The maximum absolute atomic E-state index is 12.5. The van der Waals surface area contributed by atoms with Gasteiger partial charge in [0.05, 0.1) is 10.1 Å².